The topological polar surface area (TPSA) is 105 Å². The minimum Gasteiger partial charge on any atom is -0.480 e. The van der Waals surface area contributed by atoms with Crippen LogP contribution in [0.2, 0.25) is 0 Å². The molecule has 26 heavy (non-hydrogen) atoms. The maximum Gasteiger partial charge on any atom is 0.492 e. The lowest BCUT2D eigenvalue weighted by Gasteiger charge is -2.32. The Hall–Kier alpha value is -2.16. The molecular weight excluding hydrogens is 337 g/mol. The molecule has 1 fully saturated rings. The molecule has 0 atom stereocenters. The second-order valence-electron chi connectivity index (χ2n) is 7.13. The average Bonchev–Trinajstić information content (AvgIpc) is 2.78. The monoisotopic (exact) mass is 361 g/mol. The summed E-state index contributed by atoms with van der Waals surface area (Å²) in [5.74, 6) is -1.63. The third-order valence-corrected chi connectivity index (χ3v) is 4.69. The number of hydrogen-bond donors (Lipinski definition) is 3. The van der Waals surface area contributed by atoms with Crippen molar-refractivity contribution in [2.45, 2.75) is 38.9 Å². The van der Waals surface area contributed by atoms with Gasteiger partial charge >= 0.3 is 13.1 Å². The Kier molecular flexibility index (Phi) is 5.90. The van der Waals surface area contributed by atoms with Crippen molar-refractivity contribution >= 4 is 25.1 Å². The van der Waals surface area contributed by atoms with Gasteiger partial charge in [0.15, 0.2) is 0 Å². The van der Waals surface area contributed by atoms with Gasteiger partial charge in [0, 0.05) is 5.56 Å². The van der Waals surface area contributed by atoms with Crippen LogP contribution in [-0.4, -0.2) is 53.6 Å². The Bertz CT molecular complexity index is 712. The maximum absolute atomic E-state index is 12.2. The number of carboxylic acids is 1. The largest absolute Gasteiger partial charge is 0.492 e. The predicted octanol–water partition coefficient (Wildman–Crippen LogP) is 1.51. The molecule has 0 saturated carbocycles. The SMILES string of the molecule is CC1(C)OB(C(=Cc2ccccc2C(=O)NCC(=O)O)CO)OC1(C)C. The zero-order valence-corrected chi connectivity index (χ0v) is 15.4. The van der Waals surface area contributed by atoms with Crippen LogP contribution in [-0.2, 0) is 14.1 Å². The highest BCUT2D eigenvalue weighted by atomic mass is 16.7. The predicted molar refractivity (Wildman–Crippen MR) is 97.6 cm³/mol. The quantitative estimate of drug-likeness (QED) is 0.664. The molecule has 1 amide bonds. The molecule has 0 aliphatic carbocycles. The van der Waals surface area contributed by atoms with Gasteiger partial charge in [-0.3, -0.25) is 9.59 Å². The molecule has 1 aliphatic rings. The maximum atomic E-state index is 12.2. The van der Waals surface area contributed by atoms with E-state index in [0.717, 1.165) is 0 Å². The van der Waals surface area contributed by atoms with E-state index in [4.69, 9.17) is 14.4 Å². The van der Waals surface area contributed by atoms with Crippen molar-refractivity contribution in [1.29, 1.82) is 0 Å². The Morgan fingerprint density at radius 2 is 1.73 bits per heavy atom. The zero-order chi connectivity index (χ0) is 19.5. The molecule has 1 heterocycles. The second kappa shape index (κ2) is 7.61. The number of rotatable bonds is 6. The number of carbonyl (C=O) groups excluding carboxylic acids is 1. The first kappa shape index (κ1) is 20.2. The first-order valence-electron chi connectivity index (χ1n) is 8.33. The van der Waals surface area contributed by atoms with Crippen LogP contribution < -0.4 is 5.32 Å². The highest BCUT2D eigenvalue weighted by Crippen LogP contribution is 2.38. The van der Waals surface area contributed by atoms with E-state index in [1.807, 2.05) is 27.7 Å². The van der Waals surface area contributed by atoms with Crippen molar-refractivity contribution in [2.75, 3.05) is 13.2 Å². The van der Waals surface area contributed by atoms with E-state index < -0.39 is 36.7 Å². The molecule has 0 bridgehead atoms. The van der Waals surface area contributed by atoms with Crippen molar-refractivity contribution in [3.05, 3.63) is 40.9 Å². The van der Waals surface area contributed by atoms with Gasteiger partial charge in [-0.2, -0.15) is 0 Å². The molecule has 0 spiro atoms. The third-order valence-electron chi connectivity index (χ3n) is 4.69. The molecule has 0 unspecified atom stereocenters. The zero-order valence-electron chi connectivity index (χ0n) is 15.4. The van der Waals surface area contributed by atoms with Crippen LogP contribution in [0.4, 0.5) is 0 Å². The van der Waals surface area contributed by atoms with Crippen LogP contribution >= 0.6 is 0 Å². The van der Waals surface area contributed by atoms with Gasteiger partial charge in [-0.1, -0.05) is 24.3 Å². The third kappa shape index (κ3) is 4.33. The van der Waals surface area contributed by atoms with Crippen LogP contribution in [0, 0.1) is 0 Å². The summed E-state index contributed by atoms with van der Waals surface area (Å²) in [7, 11) is -0.736. The van der Waals surface area contributed by atoms with Gasteiger partial charge in [0.2, 0.25) is 0 Å². The summed E-state index contributed by atoms with van der Waals surface area (Å²) in [6, 6.07) is 6.72. The van der Waals surface area contributed by atoms with Crippen molar-refractivity contribution in [2.24, 2.45) is 0 Å². The Morgan fingerprint density at radius 1 is 1.15 bits per heavy atom. The summed E-state index contributed by atoms with van der Waals surface area (Å²) in [5.41, 5.74) is 0.210. The van der Waals surface area contributed by atoms with Crippen LogP contribution in [0.25, 0.3) is 6.08 Å². The van der Waals surface area contributed by atoms with Crippen LogP contribution in [0.1, 0.15) is 43.6 Å². The molecular formula is C18H24BNO6. The van der Waals surface area contributed by atoms with Crippen molar-refractivity contribution in [3.63, 3.8) is 0 Å². The summed E-state index contributed by atoms with van der Waals surface area (Å²) >= 11 is 0. The molecule has 0 radical (unpaired) electrons. The Morgan fingerprint density at radius 3 is 2.27 bits per heavy atom. The second-order valence-corrected chi connectivity index (χ2v) is 7.13. The fraction of sp³-hybridized carbons (Fsp3) is 0.444. The summed E-state index contributed by atoms with van der Waals surface area (Å²) in [6.45, 7) is 6.87. The first-order chi connectivity index (χ1) is 12.1. The molecule has 1 aromatic carbocycles. The van der Waals surface area contributed by atoms with Crippen molar-refractivity contribution in [3.8, 4) is 0 Å². The molecule has 0 aromatic heterocycles. The molecule has 140 valence electrons. The molecule has 1 saturated heterocycles. The summed E-state index contributed by atoms with van der Waals surface area (Å²) in [5, 5.41) is 20.8. The van der Waals surface area contributed by atoms with E-state index in [2.05, 4.69) is 5.32 Å². The minimum absolute atomic E-state index is 0.302. The first-order valence-corrected chi connectivity index (χ1v) is 8.33. The molecule has 8 heteroatoms. The van der Waals surface area contributed by atoms with E-state index >= 15 is 0 Å². The van der Waals surface area contributed by atoms with Crippen LogP contribution in [0.3, 0.4) is 0 Å². The number of carboxylic acid groups (broad SMARTS) is 1. The minimum atomic E-state index is -1.13. The highest BCUT2D eigenvalue weighted by molar-refractivity contribution is 6.55. The lowest BCUT2D eigenvalue weighted by Crippen LogP contribution is -2.41. The van der Waals surface area contributed by atoms with Crippen LogP contribution in [0.5, 0.6) is 0 Å². The van der Waals surface area contributed by atoms with Crippen molar-refractivity contribution in [1.82, 2.24) is 5.32 Å². The van der Waals surface area contributed by atoms with E-state index in [1.165, 1.54) is 0 Å². The summed E-state index contributed by atoms with van der Waals surface area (Å²) in [4.78, 5) is 22.9. The van der Waals surface area contributed by atoms with Crippen LogP contribution in [0.15, 0.2) is 29.7 Å². The lowest BCUT2D eigenvalue weighted by molar-refractivity contribution is -0.135. The van der Waals surface area contributed by atoms with Gasteiger partial charge < -0.3 is 24.8 Å². The molecule has 1 aliphatic heterocycles. The Balaban J connectivity index is 2.30. The van der Waals surface area contributed by atoms with E-state index in [-0.39, 0.29) is 6.61 Å². The van der Waals surface area contributed by atoms with Gasteiger partial charge in [0.1, 0.15) is 6.54 Å². The molecule has 7 nitrogen and oxygen atoms in total. The number of carbonyl (C=O) groups is 2. The van der Waals surface area contributed by atoms with E-state index in [9.17, 15) is 14.7 Å². The summed E-state index contributed by atoms with van der Waals surface area (Å²) in [6.07, 6.45) is 1.64. The lowest BCUT2D eigenvalue weighted by atomic mass is 9.77. The standard InChI is InChI=1S/C18H24BNO6/c1-17(2)18(3,4)26-19(25-17)13(11-21)9-12-7-5-6-8-14(12)16(24)20-10-15(22)23/h5-9,21H,10-11H2,1-4H3,(H,20,24)(H,22,23). The van der Waals surface area contributed by atoms with Crippen molar-refractivity contribution < 1.29 is 29.1 Å². The van der Waals surface area contributed by atoms with Gasteiger partial charge in [0.05, 0.1) is 17.8 Å². The van der Waals surface area contributed by atoms with Gasteiger partial charge in [-0.05, 0) is 44.8 Å². The molecule has 3 N–H and O–H groups in total. The number of hydrogen-bond acceptors (Lipinski definition) is 5. The number of aliphatic hydroxyl groups excluding tert-OH is 1. The number of aliphatic carboxylic acids is 1. The number of nitrogens with one attached hydrogen (secondary N) is 1. The number of benzene rings is 1. The van der Waals surface area contributed by atoms with E-state index in [0.29, 0.717) is 16.6 Å². The van der Waals surface area contributed by atoms with Gasteiger partial charge in [-0.25, -0.2) is 0 Å². The summed E-state index contributed by atoms with van der Waals surface area (Å²) < 4.78 is 11.9. The van der Waals surface area contributed by atoms with Gasteiger partial charge in [0.25, 0.3) is 5.91 Å². The fourth-order valence-electron chi connectivity index (χ4n) is 2.46. The Labute approximate surface area is 153 Å². The number of aliphatic hydroxyl groups is 1. The normalized spacial score (nSPS) is 18.7. The fourth-order valence-corrected chi connectivity index (χ4v) is 2.46. The van der Waals surface area contributed by atoms with E-state index in [1.54, 1.807) is 30.3 Å². The molecule has 1 aromatic rings. The smallest absolute Gasteiger partial charge is 0.480 e. The highest BCUT2D eigenvalue weighted by Gasteiger charge is 2.52. The number of amides is 1. The van der Waals surface area contributed by atoms with Gasteiger partial charge in [-0.15, -0.1) is 0 Å². The molecule has 2 rings (SSSR count). The average molecular weight is 361 g/mol.